The maximum atomic E-state index is 13.5. The van der Waals surface area contributed by atoms with Gasteiger partial charge in [-0.2, -0.15) is 13.2 Å². The maximum Gasteiger partial charge on any atom is 0.420 e. The first kappa shape index (κ1) is 25.4. The molecule has 0 spiro atoms. The molecule has 0 unspecified atom stereocenters. The summed E-state index contributed by atoms with van der Waals surface area (Å²) in [6, 6.07) is 10.4. The Hall–Kier alpha value is -4.65. The lowest BCUT2D eigenvalue weighted by Gasteiger charge is -2.16. The Morgan fingerprint density at radius 2 is 1.76 bits per heavy atom. The summed E-state index contributed by atoms with van der Waals surface area (Å²) in [6.45, 7) is 0.428. The number of nitrogens with two attached hydrogens (primary N) is 1. The molecule has 0 aliphatic rings. The number of hydrogen-bond acceptors (Lipinski definition) is 7. The molecule has 4 aromatic rings. The van der Waals surface area contributed by atoms with Crippen LogP contribution in [0.4, 0.5) is 35.2 Å². The van der Waals surface area contributed by atoms with E-state index >= 15 is 0 Å². The molecule has 37 heavy (non-hydrogen) atoms. The van der Waals surface area contributed by atoms with Gasteiger partial charge in [0.2, 0.25) is 0 Å². The highest BCUT2D eigenvalue weighted by atomic mass is 19.4. The van der Waals surface area contributed by atoms with Crippen molar-refractivity contribution in [3.63, 3.8) is 0 Å². The Bertz CT molecular complexity index is 1490. The lowest BCUT2D eigenvalue weighted by molar-refractivity contribution is -0.138. The smallest absolute Gasteiger partial charge is 0.420 e. The molecule has 192 valence electrons. The molecular weight excluding hydrogens is 491 g/mol. The molecule has 0 saturated heterocycles. The van der Waals surface area contributed by atoms with Gasteiger partial charge in [0.15, 0.2) is 11.1 Å². The van der Waals surface area contributed by atoms with E-state index in [1.807, 2.05) is 0 Å². The van der Waals surface area contributed by atoms with Crippen LogP contribution in [0.15, 0.2) is 65.8 Å². The average Bonchev–Trinajstić information content (AvgIpc) is 2.85. The van der Waals surface area contributed by atoms with Crippen molar-refractivity contribution >= 4 is 34.3 Å². The number of fused-ring (bicyclic) bond motifs is 1. The normalized spacial score (nSPS) is 11.4. The summed E-state index contributed by atoms with van der Waals surface area (Å²) < 4.78 is 47.3. The van der Waals surface area contributed by atoms with Gasteiger partial charge in [-0.25, -0.2) is 14.8 Å². The Morgan fingerprint density at radius 3 is 2.46 bits per heavy atom. The number of alkyl halides is 3. The number of anilines is 3. The Kier molecular flexibility index (Phi) is 7.25. The summed E-state index contributed by atoms with van der Waals surface area (Å²) in [5.41, 5.74) is 5.78. The highest BCUT2D eigenvalue weighted by Gasteiger charge is 2.35. The number of halogens is 3. The molecule has 4 rings (SSSR count). The average molecular weight is 513 g/mol. The predicted molar refractivity (Wildman–Crippen MR) is 133 cm³/mol. The molecule has 10 nitrogen and oxygen atoms in total. The summed E-state index contributed by atoms with van der Waals surface area (Å²) >= 11 is 0. The molecule has 2 heterocycles. The second-order valence-electron chi connectivity index (χ2n) is 7.79. The standard InChI is InChI=1S/C24H22F3N7O3/c1-29-9-11-37-19-7-4-15(12-17(19)24(25,26)27)33-23(36)32-14-2-5-16(6-3-14)34-10-8-18(35)20-21(28)30-13-31-22(20)34/h2-8,10,12-13,29H,9,11H2,1H3,(H2,28,30,31)(H2,32,33,36). The minimum atomic E-state index is -4.67. The minimum absolute atomic E-state index is 0.0539. The van der Waals surface area contributed by atoms with Gasteiger partial charge in [-0.3, -0.25) is 4.79 Å². The summed E-state index contributed by atoms with van der Waals surface area (Å²) in [5, 5.41) is 7.92. The zero-order chi connectivity index (χ0) is 26.6. The van der Waals surface area contributed by atoms with E-state index in [1.54, 1.807) is 35.9 Å². The molecule has 0 atom stereocenters. The molecular formula is C24H22F3N7O3. The van der Waals surface area contributed by atoms with Crippen molar-refractivity contribution in [3.8, 4) is 11.4 Å². The summed E-state index contributed by atoms with van der Waals surface area (Å²) in [7, 11) is 1.66. The molecule has 0 saturated carbocycles. The Labute approximate surface area is 208 Å². The molecule has 0 aliphatic heterocycles. The molecule has 2 aromatic heterocycles. The third-order valence-electron chi connectivity index (χ3n) is 5.26. The van der Waals surface area contributed by atoms with Gasteiger partial charge in [-0.05, 0) is 49.5 Å². The number of ether oxygens (including phenoxy) is 1. The Morgan fingerprint density at radius 1 is 1.05 bits per heavy atom. The van der Waals surface area contributed by atoms with Crippen LogP contribution in [0.3, 0.4) is 0 Å². The van der Waals surface area contributed by atoms with E-state index in [-0.39, 0.29) is 34.7 Å². The minimum Gasteiger partial charge on any atom is -0.492 e. The Balaban J connectivity index is 1.49. The molecule has 13 heteroatoms. The van der Waals surface area contributed by atoms with Gasteiger partial charge in [-0.1, -0.05) is 0 Å². The SMILES string of the molecule is CNCCOc1ccc(NC(=O)Nc2ccc(-n3ccc(=O)c4c(N)ncnc43)cc2)cc1C(F)(F)F. The second-order valence-corrected chi connectivity index (χ2v) is 7.79. The first-order valence-electron chi connectivity index (χ1n) is 11.0. The van der Waals surface area contributed by atoms with Crippen LogP contribution in [0.1, 0.15) is 5.56 Å². The van der Waals surface area contributed by atoms with Crippen LogP contribution in [0.2, 0.25) is 0 Å². The molecule has 0 bridgehead atoms. The van der Waals surface area contributed by atoms with E-state index in [0.717, 1.165) is 12.1 Å². The third kappa shape index (κ3) is 5.78. The van der Waals surface area contributed by atoms with Crippen LogP contribution in [0.25, 0.3) is 16.7 Å². The van der Waals surface area contributed by atoms with Gasteiger partial charge in [0.1, 0.15) is 29.9 Å². The van der Waals surface area contributed by atoms with E-state index in [4.69, 9.17) is 10.5 Å². The number of likely N-dealkylation sites (N-methyl/N-ethyl adjacent to an activating group) is 1. The van der Waals surface area contributed by atoms with Crippen LogP contribution >= 0.6 is 0 Å². The molecule has 5 N–H and O–H groups in total. The van der Waals surface area contributed by atoms with Crippen LogP contribution in [-0.4, -0.2) is 40.8 Å². The van der Waals surface area contributed by atoms with Crippen molar-refractivity contribution < 1.29 is 22.7 Å². The largest absolute Gasteiger partial charge is 0.492 e. The lowest BCUT2D eigenvalue weighted by atomic mass is 10.1. The monoisotopic (exact) mass is 513 g/mol. The van der Waals surface area contributed by atoms with Crippen molar-refractivity contribution in [2.45, 2.75) is 6.18 Å². The van der Waals surface area contributed by atoms with Crippen molar-refractivity contribution in [3.05, 3.63) is 76.8 Å². The fourth-order valence-corrected chi connectivity index (χ4v) is 3.53. The number of nitrogens with zero attached hydrogens (tertiary/aromatic N) is 3. The number of nitrogens with one attached hydrogen (secondary N) is 3. The quantitative estimate of drug-likeness (QED) is 0.277. The number of benzene rings is 2. The van der Waals surface area contributed by atoms with Gasteiger partial charge in [0.05, 0.1) is 5.56 Å². The van der Waals surface area contributed by atoms with E-state index < -0.39 is 17.8 Å². The summed E-state index contributed by atoms with van der Waals surface area (Å²) in [4.78, 5) is 32.6. The van der Waals surface area contributed by atoms with Gasteiger partial charge in [0, 0.05) is 35.9 Å². The number of aromatic nitrogens is 3. The zero-order valence-electron chi connectivity index (χ0n) is 19.5. The summed E-state index contributed by atoms with van der Waals surface area (Å²) in [5.74, 6) is -0.267. The topological polar surface area (TPSA) is 136 Å². The number of amides is 2. The fourth-order valence-electron chi connectivity index (χ4n) is 3.53. The zero-order valence-corrected chi connectivity index (χ0v) is 19.5. The summed E-state index contributed by atoms with van der Waals surface area (Å²) in [6.07, 6.45) is -1.88. The molecule has 2 aromatic carbocycles. The van der Waals surface area contributed by atoms with Crippen LogP contribution in [0, 0.1) is 0 Å². The van der Waals surface area contributed by atoms with Gasteiger partial charge >= 0.3 is 12.2 Å². The van der Waals surface area contributed by atoms with E-state index in [9.17, 15) is 22.8 Å². The number of carbonyl (C=O) groups is 1. The van der Waals surface area contributed by atoms with E-state index in [0.29, 0.717) is 23.6 Å². The van der Waals surface area contributed by atoms with E-state index in [2.05, 4.69) is 25.9 Å². The van der Waals surface area contributed by atoms with Crippen LogP contribution in [0.5, 0.6) is 5.75 Å². The number of carbonyl (C=O) groups excluding carboxylic acids is 1. The van der Waals surface area contributed by atoms with Crippen molar-refractivity contribution in [1.29, 1.82) is 0 Å². The van der Waals surface area contributed by atoms with Gasteiger partial charge in [0.25, 0.3) is 0 Å². The van der Waals surface area contributed by atoms with Crippen LogP contribution < -0.4 is 31.8 Å². The van der Waals surface area contributed by atoms with Crippen molar-refractivity contribution in [2.24, 2.45) is 0 Å². The number of hydrogen-bond donors (Lipinski definition) is 4. The predicted octanol–water partition coefficient (Wildman–Crippen LogP) is 3.62. The second kappa shape index (κ2) is 10.5. The fraction of sp³-hybridized carbons (Fsp3) is 0.167. The molecule has 0 fully saturated rings. The highest BCUT2D eigenvalue weighted by molar-refractivity contribution is 6.00. The highest BCUT2D eigenvalue weighted by Crippen LogP contribution is 2.38. The molecule has 2 amide bonds. The van der Waals surface area contributed by atoms with Crippen molar-refractivity contribution in [2.75, 3.05) is 36.6 Å². The van der Waals surface area contributed by atoms with Gasteiger partial charge < -0.3 is 31.0 Å². The lowest BCUT2D eigenvalue weighted by Crippen LogP contribution is -2.20. The first-order valence-corrected chi connectivity index (χ1v) is 11.0. The molecule has 0 radical (unpaired) electrons. The number of nitrogen functional groups attached to an aromatic ring is 1. The van der Waals surface area contributed by atoms with Crippen molar-refractivity contribution in [1.82, 2.24) is 19.9 Å². The third-order valence-corrected chi connectivity index (χ3v) is 5.26. The number of rotatable bonds is 7. The first-order chi connectivity index (χ1) is 17.7. The molecule has 0 aliphatic carbocycles. The van der Waals surface area contributed by atoms with Gasteiger partial charge in [-0.15, -0.1) is 0 Å². The number of pyridine rings is 1. The number of urea groups is 1. The van der Waals surface area contributed by atoms with Crippen LogP contribution in [-0.2, 0) is 6.18 Å². The van der Waals surface area contributed by atoms with E-state index in [1.165, 1.54) is 24.7 Å². The maximum absolute atomic E-state index is 13.5.